The number of carbonyl (C=O) groups excluding carboxylic acids is 1. The van der Waals surface area contributed by atoms with E-state index < -0.39 is 21.8 Å². The largest absolute Gasteiger partial charge is 0.445 e. The molecule has 6 nitrogen and oxygen atoms in total. The molecule has 2 aromatic heterocycles. The molecule has 138 valence electrons. The van der Waals surface area contributed by atoms with E-state index in [1.165, 1.54) is 12.4 Å². The monoisotopic (exact) mass is 418 g/mol. The van der Waals surface area contributed by atoms with Crippen LogP contribution >= 0.6 is 34.8 Å². The van der Waals surface area contributed by atoms with E-state index in [9.17, 15) is 18.0 Å². The van der Waals surface area contributed by atoms with E-state index in [0.29, 0.717) is 5.69 Å². The number of amides is 1. The van der Waals surface area contributed by atoms with E-state index in [2.05, 4.69) is 20.6 Å². The fraction of sp³-hybridized carbons (Fsp3) is 0.308. The Morgan fingerprint density at radius 2 is 1.92 bits per heavy atom. The maximum atomic E-state index is 12.3. The summed E-state index contributed by atoms with van der Waals surface area (Å²) >= 11 is 15.5. The lowest BCUT2D eigenvalue weighted by Gasteiger charge is -2.08. The number of halogens is 6. The van der Waals surface area contributed by atoms with Gasteiger partial charge in [-0.3, -0.25) is 4.98 Å². The molecule has 0 aliphatic carbocycles. The summed E-state index contributed by atoms with van der Waals surface area (Å²) in [5.41, 5.74) is 4.95. The summed E-state index contributed by atoms with van der Waals surface area (Å²) in [7, 11) is 0. The number of aryl methyl sites for hydroxylation is 1. The van der Waals surface area contributed by atoms with Crippen LogP contribution in [0.25, 0.3) is 5.69 Å². The number of hydrogen-bond acceptors (Lipinski definition) is 4. The van der Waals surface area contributed by atoms with Crippen molar-refractivity contribution in [2.24, 2.45) is 5.73 Å². The molecule has 0 atom stereocenters. The zero-order valence-corrected chi connectivity index (χ0v) is 14.9. The first-order valence-electron chi connectivity index (χ1n) is 6.43. The average molecular weight is 420 g/mol. The van der Waals surface area contributed by atoms with Gasteiger partial charge in [0.05, 0.1) is 11.9 Å². The van der Waals surface area contributed by atoms with Crippen molar-refractivity contribution >= 4 is 40.9 Å². The zero-order chi connectivity index (χ0) is 19.3. The molecule has 12 heteroatoms. The van der Waals surface area contributed by atoms with Gasteiger partial charge in [-0.05, 0) is 25.1 Å². The van der Waals surface area contributed by atoms with E-state index in [1.807, 2.05) is 0 Å². The van der Waals surface area contributed by atoms with Crippen LogP contribution in [0.5, 0.6) is 0 Å². The van der Waals surface area contributed by atoms with Gasteiger partial charge in [-0.1, -0.05) is 34.8 Å². The first kappa shape index (κ1) is 21.3. The van der Waals surface area contributed by atoms with Crippen molar-refractivity contribution in [3.05, 3.63) is 42.0 Å². The normalized spacial score (nSPS) is 11.5. The van der Waals surface area contributed by atoms with Gasteiger partial charge in [0.15, 0.2) is 5.69 Å². The average Bonchev–Trinajstić information content (AvgIpc) is 2.96. The van der Waals surface area contributed by atoms with Crippen LogP contribution in [-0.4, -0.2) is 31.3 Å². The Morgan fingerprint density at radius 3 is 2.28 bits per heavy atom. The minimum atomic E-state index is -4.41. The zero-order valence-electron chi connectivity index (χ0n) is 12.6. The lowest BCUT2D eigenvalue weighted by Crippen LogP contribution is -2.21. The molecule has 2 heterocycles. The third-order valence-corrected chi connectivity index (χ3v) is 2.75. The van der Waals surface area contributed by atoms with Crippen molar-refractivity contribution in [3.8, 4) is 5.69 Å². The maximum Gasteiger partial charge on any atom is 0.435 e. The smallest absolute Gasteiger partial charge is 0.435 e. The molecule has 2 rings (SSSR count). The van der Waals surface area contributed by atoms with E-state index in [4.69, 9.17) is 34.8 Å². The standard InChI is InChI=1S/C10H8F3N3.C3H4Cl3NO2/c1-7-2-3-8(6-14-7)16-5-4-9(15-16)10(11,12)13;4-3(5,6)1-9-2(7)8/h2-6H,1H3;1H2,(H2,7,8). The molecule has 25 heavy (non-hydrogen) atoms. The van der Waals surface area contributed by atoms with Crippen molar-refractivity contribution in [2.75, 3.05) is 6.61 Å². The SMILES string of the molecule is Cc1ccc(-n2ccc(C(F)(F)F)n2)cn1.NC(=O)OCC(Cl)(Cl)Cl. The second-order valence-corrected chi connectivity index (χ2v) is 7.04. The minimum Gasteiger partial charge on any atom is -0.445 e. The molecule has 2 aromatic rings. The quantitative estimate of drug-likeness (QED) is 0.745. The molecule has 0 aliphatic rings. The summed E-state index contributed by atoms with van der Waals surface area (Å²) in [5.74, 6) is 0. The highest BCUT2D eigenvalue weighted by atomic mass is 35.6. The summed E-state index contributed by atoms with van der Waals surface area (Å²) < 4.78 is 40.6. The van der Waals surface area contributed by atoms with Crippen LogP contribution < -0.4 is 5.73 Å². The fourth-order valence-corrected chi connectivity index (χ4v) is 1.53. The van der Waals surface area contributed by atoms with Crippen LogP contribution in [0.15, 0.2) is 30.6 Å². The Labute approximate surface area is 155 Å². The molecule has 0 aliphatic heterocycles. The number of nitrogens with zero attached hydrogens (tertiary/aromatic N) is 3. The lowest BCUT2D eigenvalue weighted by atomic mass is 10.3. The number of pyridine rings is 1. The number of alkyl halides is 6. The van der Waals surface area contributed by atoms with Gasteiger partial charge in [-0.25, -0.2) is 9.48 Å². The molecule has 0 radical (unpaired) electrons. The van der Waals surface area contributed by atoms with E-state index in [-0.39, 0.29) is 6.61 Å². The lowest BCUT2D eigenvalue weighted by molar-refractivity contribution is -0.141. The third-order valence-electron chi connectivity index (χ3n) is 2.42. The molecule has 0 bridgehead atoms. The summed E-state index contributed by atoms with van der Waals surface area (Å²) in [4.78, 5) is 13.9. The van der Waals surface area contributed by atoms with Gasteiger partial charge in [-0.15, -0.1) is 0 Å². The predicted molar refractivity (Wildman–Crippen MR) is 86.9 cm³/mol. The van der Waals surface area contributed by atoms with E-state index in [0.717, 1.165) is 16.4 Å². The number of ether oxygens (including phenoxy) is 1. The number of hydrogen-bond donors (Lipinski definition) is 1. The van der Waals surface area contributed by atoms with Crippen molar-refractivity contribution < 1.29 is 22.7 Å². The summed E-state index contributed by atoms with van der Waals surface area (Å²) in [6, 6.07) is 4.31. The fourth-order valence-electron chi connectivity index (χ4n) is 1.37. The van der Waals surface area contributed by atoms with Crippen LogP contribution in [0.4, 0.5) is 18.0 Å². The molecule has 0 fully saturated rings. The number of nitrogens with two attached hydrogens (primary N) is 1. The number of carbonyl (C=O) groups is 1. The molecule has 0 aromatic carbocycles. The summed E-state index contributed by atoms with van der Waals surface area (Å²) in [6.07, 6.45) is -2.64. The van der Waals surface area contributed by atoms with Gasteiger partial charge in [0.1, 0.15) is 6.61 Å². The Bertz CT molecular complexity index is 700. The molecule has 0 saturated carbocycles. The van der Waals surface area contributed by atoms with Gasteiger partial charge in [-0.2, -0.15) is 18.3 Å². The van der Waals surface area contributed by atoms with E-state index >= 15 is 0 Å². The second-order valence-electron chi connectivity index (χ2n) is 4.52. The number of rotatable bonds is 2. The van der Waals surface area contributed by atoms with Crippen LogP contribution in [0, 0.1) is 6.92 Å². The Morgan fingerprint density at radius 1 is 1.28 bits per heavy atom. The van der Waals surface area contributed by atoms with Crippen molar-refractivity contribution in [1.82, 2.24) is 14.8 Å². The molecule has 1 amide bonds. The maximum absolute atomic E-state index is 12.3. The summed E-state index contributed by atoms with van der Waals surface area (Å²) in [5, 5.41) is 3.43. The van der Waals surface area contributed by atoms with Crippen molar-refractivity contribution in [1.29, 1.82) is 0 Å². The van der Waals surface area contributed by atoms with Gasteiger partial charge in [0.2, 0.25) is 3.79 Å². The Kier molecular flexibility index (Phi) is 7.33. The predicted octanol–water partition coefficient (Wildman–Crippen LogP) is 4.05. The highest BCUT2D eigenvalue weighted by Crippen LogP contribution is 2.27. The van der Waals surface area contributed by atoms with Crippen LogP contribution in [-0.2, 0) is 10.9 Å². The first-order chi connectivity index (χ1) is 11.4. The Hall–Kier alpha value is -1.71. The number of aromatic nitrogens is 3. The number of primary amides is 1. The van der Waals surface area contributed by atoms with Crippen LogP contribution in [0.1, 0.15) is 11.4 Å². The van der Waals surface area contributed by atoms with Gasteiger partial charge in [0.25, 0.3) is 0 Å². The first-order valence-corrected chi connectivity index (χ1v) is 7.57. The van der Waals surface area contributed by atoms with Crippen LogP contribution in [0.3, 0.4) is 0 Å². The Balaban J connectivity index is 0.000000299. The highest BCUT2D eigenvalue weighted by molar-refractivity contribution is 6.67. The molecular weight excluding hydrogens is 408 g/mol. The molecule has 0 unspecified atom stereocenters. The molecule has 0 saturated heterocycles. The van der Waals surface area contributed by atoms with Gasteiger partial charge in [0, 0.05) is 11.9 Å². The van der Waals surface area contributed by atoms with Crippen molar-refractivity contribution in [3.63, 3.8) is 0 Å². The van der Waals surface area contributed by atoms with E-state index in [1.54, 1.807) is 19.1 Å². The van der Waals surface area contributed by atoms with Gasteiger partial charge >= 0.3 is 12.3 Å². The third kappa shape index (κ3) is 8.28. The minimum absolute atomic E-state index is 0.326. The molecular formula is C13H12Cl3F3N4O2. The van der Waals surface area contributed by atoms with Gasteiger partial charge < -0.3 is 10.5 Å². The molecule has 2 N–H and O–H groups in total. The second kappa shape index (κ2) is 8.59. The van der Waals surface area contributed by atoms with Crippen molar-refractivity contribution in [2.45, 2.75) is 16.9 Å². The molecule has 0 spiro atoms. The highest BCUT2D eigenvalue weighted by Gasteiger charge is 2.33. The summed E-state index contributed by atoms with van der Waals surface area (Å²) in [6.45, 7) is 1.47. The topological polar surface area (TPSA) is 83.0 Å². The van der Waals surface area contributed by atoms with Crippen LogP contribution in [0.2, 0.25) is 0 Å².